The number of Topliss-reactive ketones (excluding diaryl/α,β-unsaturated/α-hetero) is 1. The number of aromatic amines is 1. The normalized spacial score (nSPS) is 18.3. The molecular formula is C28H40N4O3. The lowest BCUT2D eigenvalue weighted by molar-refractivity contribution is -0.140. The van der Waals surface area contributed by atoms with E-state index in [1.165, 1.54) is 6.42 Å². The summed E-state index contributed by atoms with van der Waals surface area (Å²) < 4.78 is 0. The largest absolute Gasteiger partial charge is 0.360 e. The molecule has 35 heavy (non-hydrogen) atoms. The summed E-state index contributed by atoms with van der Waals surface area (Å²) in [7, 11) is 0. The summed E-state index contributed by atoms with van der Waals surface area (Å²) in [5.41, 5.74) is 6.92. The molecule has 2 fully saturated rings. The number of para-hydroxylation sites is 1. The van der Waals surface area contributed by atoms with Gasteiger partial charge in [0.25, 0.3) is 11.7 Å². The van der Waals surface area contributed by atoms with Gasteiger partial charge in [-0.1, -0.05) is 56.7 Å². The highest BCUT2D eigenvalue weighted by molar-refractivity contribution is 6.45. The van der Waals surface area contributed by atoms with E-state index < -0.39 is 17.7 Å². The number of hydrogen-bond acceptors (Lipinski definition) is 4. The van der Waals surface area contributed by atoms with Gasteiger partial charge in [0.2, 0.25) is 5.91 Å². The van der Waals surface area contributed by atoms with E-state index in [4.69, 9.17) is 5.73 Å². The van der Waals surface area contributed by atoms with Crippen molar-refractivity contribution in [2.45, 2.75) is 89.1 Å². The lowest BCUT2D eigenvalue weighted by Gasteiger charge is -2.38. The highest BCUT2D eigenvalue weighted by Crippen LogP contribution is 2.31. The average molecular weight is 481 g/mol. The molecule has 0 saturated heterocycles. The number of ketones is 1. The number of aromatic nitrogens is 1. The highest BCUT2D eigenvalue weighted by atomic mass is 16.2. The van der Waals surface area contributed by atoms with Crippen molar-refractivity contribution in [3.63, 3.8) is 0 Å². The van der Waals surface area contributed by atoms with Gasteiger partial charge in [0, 0.05) is 29.7 Å². The molecule has 2 amide bonds. The molecule has 4 N–H and O–H groups in total. The Morgan fingerprint density at radius 2 is 1.66 bits per heavy atom. The second kappa shape index (κ2) is 12.3. The third-order valence-corrected chi connectivity index (χ3v) is 7.79. The molecule has 1 aromatic heterocycles. The first-order valence-corrected chi connectivity index (χ1v) is 13.5. The second-order valence-electron chi connectivity index (χ2n) is 10.3. The van der Waals surface area contributed by atoms with Crippen LogP contribution in [0.3, 0.4) is 0 Å². The van der Waals surface area contributed by atoms with Crippen LogP contribution in [0.4, 0.5) is 0 Å². The molecule has 2 aromatic rings. The van der Waals surface area contributed by atoms with Gasteiger partial charge < -0.3 is 20.9 Å². The van der Waals surface area contributed by atoms with Crippen LogP contribution >= 0.6 is 0 Å². The maximum atomic E-state index is 13.8. The Labute approximate surface area is 208 Å². The van der Waals surface area contributed by atoms with Crippen molar-refractivity contribution in [1.82, 2.24) is 15.2 Å². The van der Waals surface area contributed by atoms with Crippen LogP contribution in [0.25, 0.3) is 10.9 Å². The number of carbonyl (C=O) groups is 3. The molecule has 0 aliphatic heterocycles. The van der Waals surface area contributed by atoms with Crippen LogP contribution in [0.2, 0.25) is 0 Å². The summed E-state index contributed by atoms with van der Waals surface area (Å²) in [5.74, 6) is -1.15. The zero-order valence-corrected chi connectivity index (χ0v) is 20.8. The minimum absolute atomic E-state index is 0.0740. The van der Waals surface area contributed by atoms with Crippen molar-refractivity contribution in [3.05, 3.63) is 36.0 Å². The summed E-state index contributed by atoms with van der Waals surface area (Å²) in [6.07, 6.45) is 13.5. The van der Waals surface area contributed by atoms with E-state index in [0.717, 1.165) is 75.1 Å². The van der Waals surface area contributed by atoms with Crippen molar-refractivity contribution in [2.24, 2.45) is 11.7 Å². The lowest BCUT2D eigenvalue weighted by Crippen LogP contribution is -2.57. The van der Waals surface area contributed by atoms with Gasteiger partial charge in [-0.05, 0) is 57.1 Å². The molecule has 1 heterocycles. The number of amides is 2. The Morgan fingerprint density at radius 3 is 2.37 bits per heavy atom. The summed E-state index contributed by atoms with van der Waals surface area (Å²) in [6.45, 7) is 0.879. The number of fused-ring (bicyclic) bond motifs is 1. The quantitative estimate of drug-likeness (QED) is 0.267. The maximum absolute atomic E-state index is 13.8. The van der Waals surface area contributed by atoms with E-state index in [0.29, 0.717) is 25.1 Å². The summed E-state index contributed by atoms with van der Waals surface area (Å²) in [5, 5.41) is 4.00. The van der Waals surface area contributed by atoms with E-state index in [9.17, 15) is 14.4 Å². The summed E-state index contributed by atoms with van der Waals surface area (Å²) in [4.78, 5) is 45.8. The molecular weight excluding hydrogens is 440 g/mol. The number of unbranched alkanes of at least 4 members (excludes halogenated alkanes) is 1. The molecule has 1 unspecified atom stereocenters. The number of H-pyrrole nitrogens is 1. The fourth-order valence-corrected chi connectivity index (χ4v) is 5.89. The standard InChI is InChI=1S/C28H40N4O3/c29-17-9-10-18-32(28(35)26(33)23-19-30-24-16-8-7-15-22(23)24)25(20-11-3-1-4-12-20)27(34)31-21-13-5-2-6-14-21/h7-8,15-16,19-21,25,30H,1-6,9-14,17-18,29H2,(H,31,34). The number of nitrogens with one attached hydrogen (secondary N) is 2. The maximum Gasteiger partial charge on any atom is 0.295 e. The topological polar surface area (TPSA) is 108 Å². The van der Waals surface area contributed by atoms with Crippen molar-refractivity contribution < 1.29 is 14.4 Å². The molecule has 7 nitrogen and oxygen atoms in total. The molecule has 7 heteroatoms. The molecule has 2 aliphatic rings. The molecule has 1 aromatic carbocycles. The number of carbonyl (C=O) groups excluding carboxylic acids is 3. The van der Waals surface area contributed by atoms with Crippen molar-refractivity contribution in [1.29, 1.82) is 0 Å². The van der Waals surface area contributed by atoms with Gasteiger partial charge in [-0.3, -0.25) is 14.4 Å². The third-order valence-electron chi connectivity index (χ3n) is 7.79. The molecule has 0 spiro atoms. The fraction of sp³-hybridized carbons (Fsp3) is 0.607. The van der Waals surface area contributed by atoms with Gasteiger partial charge >= 0.3 is 0 Å². The highest BCUT2D eigenvalue weighted by Gasteiger charge is 2.40. The Hall–Kier alpha value is -2.67. The number of nitrogens with two attached hydrogens (primary N) is 1. The van der Waals surface area contributed by atoms with E-state index in [-0.39, 0.29) is 17.9 Å². The first kappa shape index (κ1) is 25.4. The van der Waals surface area contributed by atoms with Gasteiger partial charge in [-0.2, -0.15) is 0 Å². The molecule has 0 bridgehead atoms. The number of rotatable bonds is 10. The van der Waals surface area contributed by atoms with E-state index >= 15 is 0 Å². The van der Waals surface area contributed by atoms with Gasteiger partial charge in [-0.15, -0.1) is 0 Å². The van der Waals surface area contributed by atoms with Crippen molar-refractivity contribution in [2.75, 3.05) is 13.1 Å². The summed E-state index contributed by atoms with van der Waals surface area (Å²) in [6, 6.07) is 7.03. The lowest BCUT2D eigenvalue weighted by atomic mass is 9.82. The predicted molar refractivity (Wildman–Crippen MR) is 138 cm³/mol. The van der Waals surface area contributed by atoms with Crippen LogP contribution in [0.5, 0.6) is 0 Å². The van der Waals surface area contributed by atoms with Crippen molar-refractivity contribution in [3.8, 4) is 0 Å². The Morgan fingerprint density at radius 1 is 0.971 bits per heavy atom. The Kier molecular flexibility index (Phi) is 8.96. The number of benzene rings is 1. The van der Waals surface area contributed by atoms with E-state index in [1.54, 1.807) is 11.1 Å². The van der Waals surface area contributed by atoms with Crippen LogP contribution < -0.4 is 11.1 Å². The van der Waals surface area contributed by atoms with E-state index in [1.807, 2.05) is 24.3 Å². The monoisotopic (exact) mass is 480 g/mol. The minimum atomic E-state index is -0.614. The molecule has 2 aliphatic carbocycles. The number of hydrogen-bond donors (Lipinski definition) is 3. The van der Waals surface area contributed by atoms with Crippen LogP contribution in [0, 0.1) is 5.92 Å². The first-order valence-electron chi connectivity index (χ1n) is 13.5. The van der Waals surface area contributed by atoms with Crippen LogP contribution in [0.1, 0.15) is 87.4 Å². The third kappa shape index (κ3) is 6.13. The zero-order valence-electron chi connectivity index (χ0n) is 20.8. The van der Waals surface area contributed by atoms with Crippen LogP contribution in [-0.4, -0.2) is 52.7 Å². The Balaban J connectivity index is 1.62. The zero-order chi connectivity index (χ0) is 24.6. The average Bonchev–Trinajstić information content (AvgIpc) is 3.33. The molecule has 1 atom stereocenters. The number of nitrogens with zero attached hydrogens (tertiary/aromatic N) is 1. The molecule has 0 radical (unpaired) electrons. The second-order valence-corrected chi connectivity index (χ2v) is 10.3. The SMILES string of the molecule is NCCCCN(C(=O)C(=O)c1c[nH]c2ccccc12)C(C(=O)NC1CCCCC1)C1CCCCC1. The smallest absolute Gasteiger partial charge is 0.295 e. The molecule has 4 rings (SSSR count). The van der Waals surface area contributed by atoms with Crippen LogP contribution in [-0.2, 0) is 9.59 Å². The Bertz CT molecular complexity index is 1000. The fourth-order valence-electron chi connectivity index (χ4n) is 5.89. The molecule has 190 valence electrons. The first-order chi connectivity index (χ1) is 17.1. The minimum Gasteiger partial charge on any atom is -0.360 e. The van der Waals surface area contributed by atoms with Gasteiger partial charge in [0.15, 0.2) is 0 Å². The molecule has 2 saturated carbocycles. The predicted octanol–water partition coefficient (Wildman–Crippen LogP) is 4.32. The van der Waals surface area contributed by atoms with Crippen molar-refractivity contribution >= 4 is 28.5 Å². The van der Waals surface area contributed by atoms with Gasteiger partial charge in [-0.25, -0.2) is 0 Å². The van der Waals surface area contributed by atoms with Gasteiger partial charge in [0.05, 0.1) is 5.56 Å². The van der Waals surface area contributed by atoms with E-state index in [2.05, 4.69) is 10.3 Å². The summed E-state index contributed by atoms with van der Waals surface area (Å²) >= 11 is 0. The van der Waals surface area contributed by atoms with Crippen LogP contribution in [0.15, 0.2) is 30.5 Å². The van der Waals surface area contributed by atoms with Gasteiger partial charge in [0.1, 0.15) is 6.04 Å².